The summed E-state index contributed by atoms with van der Waals surface area (Å²) < 4.78 is 0. The molecule has 6 aromatic heterocycles. The van der Waals surface area contributed by atoms with Gasteiger partial charge in [0.1, 0.15) is 0 Å². The molecular formula is C75H72N8O3. The van der Waals surface area contributed by atoms with Gasteiger partial charge >= 0.3 is 0 Å². The van der Waals surface area contributed by atoms with Gasteiger partial charge in [-0.15, -0.1) is 0 Å². The Morgan fingerprint density at radius 1 is 0.465 bits per heavy atom. The maximum Gasteiger partial charge on any atom is 0.252 e. The van der Waals surface area contributed by atoms with Crippen LogP contribution in [0.15, 0.2) is 197 Å². The molecule has 3 aromatic carbocycles. The van der Waals surface area contributed by atoms with Crippen LogP contribution in [0.3, 0.4) is 0 Å². The molecule has 11 heteroatoms. The van der Waals surface area contributed by atoms with E-state index in [4.69, 9.17) is 0 Å². The number of rotatable bonds is 9. The standard InChI is InChI=1S/2C25H23N3O.C25H26N2O/c1-16-11-20-15-28-25(29)12-24(20)22(17(16)2)10-9-21-8-7-19(14-27-21)23-6-4-3-5-18(23)13-26;1-16-11-20-12-25(29)28-15-24(20)22(17(16)2)10-9-21-8-7-19(14-27-21)23-6-4-3-5-18(23)13-26;1-16-6-4-5-7-22(16)20-8-9-21(27-15-20)10-11-23-18(3)17(2)14-19-12-13-26-25(28)24(19)23/h2*3-10,12,14-17,22H,11H2,1-2H3,(H,28,29);4-13,15,17-18,23H,14H2,1-3H3,(H,26,28)/b2*10-9+;11-10+/t2*16-,17+,22-;17-,18+,23-/m000/s1. The van der Waals surface area contributed by atoms with E-state index in [0.717, 1.165) is 80.9 Å². The van der Waals surface area contributed by atoms with E-state index in [0.29, 0.717) is 46.6 Å². The van der Waals surface area contributed by atoms with Crippen molar-refractivity contribution < 1.29 is 0 Å². The fraction of sp³-hybridized carbons (Fsp3) is 0.253. The monoisotopic (exact) mass is 1130 g/mol. The second-order valence-corrected chi connectivity index (χ2v) is 23.6. The number of aromatic nitrogens is 6. The zero-order chi connectivity index (χ0) is 60.4. The maximum atomic E-state index is 12.5. The highest BCUT2D eigenvalue weighted by atomic mass is 16.1. The normalized spacial score (nSPS) is 21.2. The highest BCUT2D eigenvalue weighted by Crippen LogP contribution is 2.42. The van der Waals surface area contributed by atoms with Crippen molar-refractivity contribution in [2.24, 2.45) is 35.5 Å². The van der Waals surface area contributed by atoms with Crippen LogP contribution >= 0.6 is 0 Å². The third kappa shape index (κ3) is 13.4. The molecule has 86 heavy (non-hydrogen) atoms. The van der Waals surface area contributed by atoms with Crippen LogP contribution in [-0.4, -0.2) is 29.9 Å². The van der Waals surface area contributed by atoms with E-state index >= 15 is 0 Å². The van der Waals surface area contributed by atoms with Gasteiger partial charge in [0.25, 0.3) is 5.56 Å². The Balaban J connectivity index is 0.000000143. The number of pyridine rings is 6. The van der Waals surface area contributed by atoms with Crippen LogP contribution in [-0.2, 0) is 19.3 Å². The zero-order valence-corrected chi connectivity index (χ0v) is 49.8. The number of hydrogen-bond acceptors (Lipinski definition) is 8. The largest absolute Gasteiger partial charge is 0.329 e. The third-order valence-electron chi connectivity index (χ3n) is 18.2. The number of nitrogens with zero attached hydrogens (tertiary/aromatic N) is 5. The van der Waals surface area contributed by atoms with E-state index in [1.165, 1.54) is 27.8 Å². The van der Waals surface area contributed by atoms with Crippen LogP contribution in [0.1, 0.15) is 126 Å². The predicted octanol–water partition coefficient (Wildman–Crippen LogP) is 15.2. The lowest BCUT2D eigenvalue weighted by Gasteiger charge is -2.34. The fourth-order valence-electron chi connectivity index (χ4n) is 12.6. The Hall–Kier alpha value is -9.84. The van der Waals surface area contributed by atoms with Gasteiger partial charge in [0.15, 0.2) is 0 Å². The zero-order valence-electron chi connectivity index (χ0n) is 49.8. The Bertz CT molecular complexity index is 4230. The van der Waals surface area contributed by atoms with Gasteiger partial charge in [-0.05, 0) is 155 Å². The molecule has 3 aliphatic carbocycles. The molecule has 0 unspecified atom stereocenters. The van der Waals surface area contributed by atoms with Gasteiger partial charge in [0.2, 0.25) is 11.1 Å². The first kappa shape index (κ1) is 59.3. The quantitative estimate of drug-likeness (QED) is 0.127. The summed E-state index contributed by atoms with van der Waals surface area (Å²) in [6.45, 7) is 15.6. The average molecular weight is 1130 g/mol. The molecule has 3 aliphatic rings. The van der Waals surface area contributed by atoms with Crippen molar-refractivity contribution >= 4 is 18.2 Å². The van der Waals surface area contributed by atoms with Crippen molar-refractivity contribution in [2.75, 3.05) is 0 Å². The first-order valence-corrected chi connectivity index (χ1v) is 29.8. The number of aromatic amines is 3. The Labute approximate surface area is 503 Å². The first-order chi connectivity index (χ1) is 41.7. The Kier molecular flexibility index (Phi) is 18.5. The molecule has 0 spiro atoms. The molecule has 3 N–H and O–H groups in total. The van der Waals surface area contributed by atoms with Gasteiger partial charge < -0.3 is 15.0 Å². The summed E-state index contributed by atoms with van der Waals surface area (Å²) in [5.74, 6) is 3.48. The first-order valence-electron chi connectivity index (χ1n) is 29.8. The molecule has 11 nitrogen and oxygen atoms in total. The lowest BCUT2D eigenvalue weighted by atomic mass is 9.71. The minimum atomic E-state index is -0.0532. The second kappa shape index (κ2) is 26.8. The van der Waals surface area contributed by atoms with E-state index in [9.17, 15) is 24.9 Å². The number of allylic oxidation sites excluding steroid dienone is 3. The van der Waals surface area contributed by atoms with E-state index < -0.39 is 0 Å². The van der Waals surface area contributed by atoms with Crippen molar-refractivity contribution in [3.05, 3.63) is 281 Å². The third-order valence-corrected chi connectivity index (χ3v) is 18.2. The minimum absolute atomic E-state index is 0.0359. The predicted molar refractivity (Wildman–Crippen MR) is 346 cm³/mol. The molecule has 6 heterocycles. The van der Waals surface area contributed by atoms with E-state index in [2.05, 4.69) is 151 Å². The molecule has 0 radical (unpaired) electrons. The Morgan fingerprint density at radius 3 is 1.43 bits per heavy atom. The number of aryl methyl sites for hydroxylation is 1. The van der Waals surface area contributed by atoms with Gasteiger partial charge in [-0.2, -0.15) is 10.5 Å². The summed E-state index contributed by atoms with van der Waals surface area (Å²) >= 11 is 0. The van der Waals surface area contributed by atoms with Crippen molar-refractivity contribution in [1.29, 1.82) is 10.5 Å². The number of fused-ring (bicyclic) bond motifs is 3. The van der Waals surface area contributed by atoms with E-state index in [-0.39, 0.29) is 34.4 Å². The molecule has 0 amide bonds. The molecule has 430 valence electrons. The fourth-order valence-corrected chi connectivity index (χ4v) is 12.6. The molecule has 0 saturated carbocycles. The summed E-state index contributed by atoms with van der Waals surface area (Å²) in [5, 5.41) is 18.6. The van der Waals surface area contributed by atoms with Gasteiger partial charge in [0, 0.05) is 100 Å². The molecule has 0 bridgehead atoms. The average Bonchev–Trinajstić information content (AvgIpc) is 3.28. The van der Waals surface area contributed by atoms with Crippen molar-refractivity contribution in [1.82, 2.24) is 29.9 Å². The lowest BCUT2D eigenvalue weighted by Crippen LogP contribution is -2.31. The number of H-pyrrole nitrogens is 3. The minimum Gasteiger partial charge on any atom is -0.329 e. The number of nitriles is 2. The second-order valence-electron chi connectivity index (χ2n) is 23.6. The topological polar surface area (TPSA) is 185 Å². The maximum absolute atomic E-state index is 12.5. The van der Waals surface area contributed by atoms with Crippen molar-refractivity contribution in [2.45, 2.75) is 85.5 Å². The molecule has 0 fully saturated rings. The van der Waals surface area contributed by atoms with Gasteiger partial charge in [0.05, 0.1) is 40.3 Å². The van der Waals surface area contributed by atoms with Gasteiger partial charge in [-0.1, -0.05) is 139 Å². The highest BCUT2D eigenvalue weighted by molar-refractivity contribution is 5.72. The molecule has 12 rings (SSSR count). The summed E-state index contributed by atoms with van der Waals surface area (Å²) in [4.78, 5) is 58.3. The van der Waals surface area contributed by atoms with Crippen molar-refractivity contribution in [3.63, 3.8) is 0 Å². The van der Waals surface area contributed by atoms with Gasteiger partial charge in [-0.25, -0.2) is 0 Å². The summed E-state index contributed by atoms with van der Waals surface area (Å²) in [6, 6.07) is 45.5. The number of benzene rings is 3. The summed E-state index contributed by atoms with van der Waals surface area (Å²) in [5.41, 5.74) is 17.9. The molecule has 0 aliphatic heterocycles. The van der Waals surface area contributed by atoms with Crippen LogP contribution in [0.4, 0.5) is 0 Å². The van der Waals surface area contributed by atoms with E-state index in [1.807, 2.05) is 116 Å². The highest BCUT2D eigenvalue weighted by Gasteiger charge is 2.33. The van der Waals surface area contributed by atoms with E-state index in [1.54, 1.807) is 24.5 Å². The SMILES string of the molecule is C[C@H]1[C@H](/C=C/c2ccc(-c3ccccc3C#N)cn2)c2c[nH]c(=O)cc2C[C@@H]1C.C[C@H]1[C@H](/C=C/c2ccc(-c3ccccc3C#N)cn2)c2cc(=O)[nH]cc2C[C@@H]1C.Cc1ccccc1-c1ccc(/C=C/[C@@H]2c3c(cc[nH]c3=O)C[C@H](C)[C@H]2C)nc1. The molecule has 0 saturated heterocycles. The van der Waals surface area contributed by atoms with Crippen LogP contribution in [0.2, 0.25) is 0 Å². The smallest absolute Gasteiger partial charge is 0.252 e. The summed E-state index contributed by atoms with van der Waals surface area (Å²) in [7, 11) is 0. The van der Waals surface area contributed by atoms with Crippen LogP contribution in [0, 0.1) is 65.1 Å². The molecule has 9 aromatic rings. The molecule has 9 atom stereocenters. The van der Waals surface area contributed by atoms with Crippen molar-refractivity contribution in [3.8, 4) is 45.5 Å². The van der Waals surface area contributed by atoms with Crippen LogP contribution in [0.5, 0.6) is 0 Å². The van der Waals surface area contributed by atoms with Crippen LogP contribution in [0.25, 0.3) is 51.6 Å². The number of hydrogen-bond donors (Lipinski definition) is 3. The lowest BCUT2D eigenvalue weighted by molar-refractivity contribution is 0.330. The summed E-state index contributed by atoms with van der Waals surface area (Å²) in [6.07, 6.45) is 26.6. The molecular weight excluding hydrogens is 1060 g/mol. The van der Waals surface area contributed by atoms with Crippen LogP contribution < -0.4 is 16.7 Å². The Morgan fingerprint density at radius 2 is 0.907 bits per heavy atom. The van der Waals surface area contributed by atoms with Gasteiger partial charge in [-0.3, -0.25) is 29.3 Å². The number of nitrogens with one attached hydrogen (secondary N) is 3.